The summed E-state index contributed by atoms with van der Waals surface area (Å²) in [6.45, 7) is 1.24. The first-order valence-corrected chi connectivity index (χ1v) is 8.73. The highest BCUT2D eigenvalue weighted by atomic mass is 35.5. The predicted molar refractivity (Wildman–Crippen MR) is 72.5 cm³/mol. The average molecular weight is 338 g/mol. The summed E-state index contributed by atoms with van der Waals surface area (Å²) in [5.41, 5.74) is 0. The average Bonchev–Trinajstić information content (AvgIpc) is 3.05. The quantitative estimate of drug-likeness (QED) is 0.836. The lowest BCUT2D eigenvalue weighted by Gasteiger charge is -2.16. The smallest absolute Gasteiger partial charge is 0.279 e. The molecule has 2 aliphatic heterocycles. The number of sulfonamides is 1. The molecule has 0 saturated carbocycles. The fourth-order valence-corrected chi connectivity index (χ4v) is 5.44. The van der Waals surface area contributed by atoms with E-state index in [1.165, 1.54) is 6.07 Å². The summed E-state index contributed by atoms with van der Waals surface area (Å²) in [6.07, 6.45) is 0.769. The van der Waals surface area contributed by atoms with E-state index in [4.69, 9.17) is 21.1 Å². The fraction of sp³-hybridized carbons (Fsp3) is 0.545. The third kappa shape index (κ3) is 2.35. The molecule has 0 radical (unpaired) electrons. The van der Waals surface area contributed by atoms with Crippen LogP contribution in [0.2, 0.25) is 4.34 Å². The monoisotopic (exact) mass is 337 g/mol. The van der Waals surface area contributed by atoms with Gasteiger partial charge in [-0.1, -0.05) is 11.6 Å². The molecule has 9 heteroatoms. The Morgan fingerprint density at radius 3 is 2.75 bits per heavy atom. The minimum atomic E-state index is -3.74. The summed E-state index contributed by atoms with van der Waals surface area (Å²) < 4.78 is 36.2. The van der Waals surface area contributed by atoms with Gasteiger partial charge in [0.05, 0.1) is 17.6 Å². The summed E-state index contributed by atoms with van der Waals surface area (Å²) in [7, 11) is -3.74. The maximum Gasteiger partial charge on any atom is 0.279 e. The largest absolute Gasteiger partial charge is 0.350 e. The van der Waals surface area contributed by atoms with Crippen molar-refractivity contribution >= 4 is 38.9 Å². The molecule has 20 heavy (non-hydrogen) atoms. The number of hydrogen-bond donors (Lipinski definition) is 0. The standard InChI is InChI=1S/C11H12ClNO5S2/c12-8-6-7-10(19-8)11(14)13(20(7,15)16)3-1-2-9-17-4-5-18-9/h6,9H,1-5H2. The molecule has 1 amide bonds. The van der Waals surface area contributed by atoms with Gasteiger partial charge in [0, 0.05) is 13.0 Å². The number of rotatable bonds is 4. The number of nitrogens with zero attached hydrogens (tertiary/aromatic N) is 1. The second-order valence-corrected chi connectivity index (χ2v) is 7.95. The van der Waals surface area contributed by atoms with Gasteiger partial charge in [-0.15, -0.1) is 11.3 Å². The lowest BCUT2D eigenvalue weighted by atomic mass is 10.3. The van der Waals surface area contributed by atoms with E-state index in [0.29, 0.717) is 30.4 Å². The first-order valence-electron chi connectivity index (χ1n) is 6.10. The molecule has 0 atom stereocenters. The number of ether oxygens (including phenoxy) is 2. The molecular formula is C11H12ClNO5S2. The van der Waals surface area contributed by atoms with Crippen LogP contribution in [0.15, 0.2) is 11.0 Å². The van der Waals surface area contributed by atoms with Crippen molar-refractivity contribution in [1.82, 2.24) is 4.31 Å². The van der Waals surface area contributed by atoms with E-state index in [-0.39, 0.29) is 22.6 Å². The maximum atomic E-state index is 12.2. The van der Waals surface area contributed by atoms with Crippen molar-refractivity contribution in [3.8, 4) is 0 Å². The van der Waals surface area contributed by atoms with Crippen LogP contribution >= 0.6 is 22.9 Å². The number of halogens is 1. The third-order valence-electron chi connectivity index (χ3n) is 3.15. The van der Waals surface area contributed by atoms with Gasteiger partial charge in [0.2, 0.25) is 0 Å². The Hall–Kier alpha value is -0.670. The van der Waals surface area contributed by atoms with E-state index in [9.17, 15) is 13.2 Å². The van der Waals surface area contributed by atoms with Crippen LogP contribution in [0.1, 0.15) is 22.5 Å². The van der Waals surface area contributed by atoms with Crippen LogP contribution in [0.3, 0.4) is 0 Å². The van der Waals surface area contributed by atoms with Crippen LogP contribution in [0.25, 0.3) is 0 Å². The second kappa shape index (κ2) is 5.27. The molecule has 2 aliphatic rings. The van der Waals surface area contributed by atoms with Crippen molar-refractivity contribution in [2.45, 2.75) is 24.0 Å². The van der Waals surface area contributed by atoms with Crippen LogP contribution in [-0.4, -0.2) is 44.7 Å². The highest BCUT2D eigenvalue weighted by molar-refractivity contribution is 7.90. The van der Waals surface area contributed by atoms with Crippen molar-refractivity contribution in [3.63, 3.8) is 0 Å². The zero-order chi connectivity index (χ0) is 14.3. The lowest BCUT2D eigenvalue weighted by Crippen LogP contribution is -2.31. The Kier molecular flexibility index (Phi) is 3.76. The van der Waals surface area contributed by atoms with Crippen LogP contribution in [-0.2, 0) is 19.5 Å². The third-order valence-corrected chi connectivity index (χ3v) is 6.34. The van der Waals surface area contributed by atoms with Crippen LogP contribution in [0.5, 0.6) is 0 Å². The molecule has 0 aliphatic carbocycles. The number of fused-ring (bicyclic) bond motifs is 1. The first-order chi connectivity index (χ1) is 9.50. The van der Waals surface area contributed by atoms with Crippen LogP contribution in [0.4, 0.5) is 0 Å². The lowest BCUT2D eigenvalue weighted by molar-refractivity contribution is -0.0480. The summed E-state index contributed by atoms with van der Waals surface area (Å²) >= 11 is 6.75. The van der Waals surface area contributed by atoms with Crippen molar-refractivity contribution in [1.29, 1.82) is 0 Å². The molecule has 1 saturated heterocycles. The van der Waals surface area contributed by atoms with Gasteiger partial charge < -0.3 is 9.47 Å². The molecule has 0 bridgehead atoms. The van der Waals surface area contributed by atoms with Gasteiger partial charge in [-0.25, -0.2) is 12.7 Å². The molecule has 0 unspecified atom stereocenters. The van der Waals surface area contributed by atoms with E-state index in [1.54, 1.807) is 0 Å². The van der Waals surface area contributed by atoms with Gasteiger partial charge in [-0.05, 0) is 12.5 Å². The van der Waals surface area contributed by atoms with E-state index in [1.807, 2.05) is 0 Å². The first kappa shape index (κ1) is 14.3. The summed E-state index contributed by atoms with van der Waals surface area (Å²) in [4.78, 5) is 12.3. The number of hydrogen-bond acceptors (Lipinski definition) is 6. The van der Waals surface area contributed by atoms with Gasteiger partial charge >= 0.3 is 0 Å². The van der Waals surface area contributed by atoms with Crippen LogP contribution < -0.4 is 0 Å². The maximum absolute atomic E-state index is 12.2. The number of thiophene rings is 1. The summed E-state index contributed by atoms with van der Waals surface area (Å²) in [5, 5.41) is 0. The van der Waals surface area contributed by atoms with Crippen molar-refractivity contribution in [2.24, 2.45) is 0 Å². The Balaban J connectivity index is 1.68. The molecule has 3 rings (SSSR count). The molecule has 0 N–H and O–H groups in total. The Morgan fingerprint density at radius 1 is 1.40 bits per heavy atom. The molecule has 110 valence electrons. The number of carbonyl (C=O) groups excluding carboxylic acids is 1. The zero-order valence-corrected chi connectivity index (χ0v) is 12.8. The van der Waals surface area contributed by atoms with Crippen molar-refractivity contribution in [2.75, 3.05) is 19.8 Å². The van der Waals surface area contributed by atoms with E-state index >= 15 is 0 Å². The van der Waals surface area contributed by atoms with Gasteiger partial charge in [-0.3, -0.25) is 4.79 Å². The summed E-state index contributed by atoms with van der Waals surface area (Å²) in [6, 6.07) is 1.33. The Bertz CT molecular complexity index is 635. The minimum Gasteiger partial charge on any atom is -0.350 e. The van der Waals surface area contributed by atoms with E-state index in [0.717, 1.165) is 15.6 Å². The zero-order valence-electron chi connectivity index (χ0n) is 10.4. The molecule has 6 nitrogen and oxygen atoms in total. The van der Waals surface area contributed by atoms with Gasteiger partial charge in [-0.2, -0.15) is 0 Å². The summed E-state index contributed by atoms with van der Waals surface area (Å²) in [5.74, 6) is -0.495. The highest BCUT2D eigenvalue weighted by Gasteiger charge is 2.42. The minimum absolute atomic E-state index is 0.0193. The van der Waals surface area contributed by atoms with Crippen molar-refractivity contribution < 1.29 is 22.7 Å². The Labute approximate surface area is 125 Å². The highest BCUT2D eigenvalue weighted by Crippen LogP contribution is 2.38. The Morgan fingerprint density at radius 2 is 2.10 bits per heavy atom. The van der Waals surface area contributed by atoms with Gasteiger partial charge in [0.25, 0.3) is 15.9 Å². The molecule has 1 fully saturated rings. The van der Waals surface area contributed by atoms with Crippen LogP contribution in [0, 0.1) is 0 Å². The number of carbonyl (C=O) groups is 1. The van der Waals surface area contributed by atoms with Gasteiger partial charge in [0.1, 0.15) is 9.77 Å². The van der Waals surface area contributed by atoms with E-state index < -0.39 is 15.9 Å². The molecule has 0 aromatic carbocycles. The molecule has 1 aromatic rings. The van der Waals surface area contributed by atoms with Gasteiger partial charge in [0.15, 0.2) is 6.29 Å². The molecule has 0 spiro atoms. The predicted octanol–water partition coefficient (Wildman–Crippen LogP) is 1.70. The topological polar surface area (TPSA) is 72.9 Å². The second-order valence-electron chi connectivity index (χ2n) is 4.44. The van der Waals surface area contributed by atoms with Crippen molar-refractivity contribution in [3.05, 3.63) is 15.3 Å². The molecular weight excluding hydrogens is 326 g/mol. The number of amides is 1. The van der Waals surface area contributed by atoms with E-state index in [2.05, 4.69) is 0 Å². The molecule has 3 heterocycles. The normalized spacial score (nSPS) is 21.6. The SMILES string of the molecule is O=C1c2sc(Cl)cc2S(=O)(=O)N1CCCC1OCCO1. The fourth-order valence-electron chi connectivity index (χ4n) is 2.22. The molecule has 1 aromatic heterocycles.